The summed E-state index contributed by atoms with van der Waals surface area (Å²) in [7, 11) is 0. The summed E-state index contributed by atoms with van der Waals surface area (Å²) < 4.78 is 0. The second kappa shape index (κ2) is 5.40. The van der Waals surface area contributed by atoms with Crippen LogP contribution in [0.5, 0.6) is 0 Å². The Bertz CT molecular complexity index is 527. The number of amides is 2. The molecule has 6 heteroatoms. The van der Waals surface area contributed by atoms with E-state index in [1.807, 2.05) is 0 Å². The predicted molar refractivity (Wildman–Crippen MR) is 72.1 cm³/mol. The molecule has 0 aliphatic carbocycles. The average Bonchev–Trinajstić information content (AvgIpc) is 2.72. The number of anilines is 2. The summed E-state index contributed by atoms with van der Waals surface area (Å²) in [6, 6.07) is 6.87. The van der Waals surface area contributed by atoms with Gasteiger partial charge in [0.1, 0.15) is 0 Å². The van der Waals surface area contributed by atoms with Crippen LogP contribution in [0.1, 0.15) is 13.3 Å². The van der Waals surface area contributed by atoms with Crippen molar-refractivity contribution in [3.8, 4) is 0 Å². The second-order valence-electron chi connectivity index (χ2n) is 4.44. The molecule has 0 bridgehead atoms. The van der Waals surface area contributed by atoms with Gasteiger partial charge in [-0.3, -0.25) is 14.4 Å². The van der Waals surface area contributed by atoms with E-state index in [1.165, 1.54) is 11.8 Å². The van der Waals surface area contributed by atoms with E-state index >= 15 is 0 Å². The van der Waals surface area contributed by atoms with Gasteiger partial charge in [0.2, 0.25) is 17.1 Å². The second-order valence-corrected chi connectivity index (χ2v) is 4.81. The molecule has 100 valence electrons. The predicted octanol–water partition coefficient (Wildman–Crippen LogP) is 1.76. The molecule has 1 aliphatic heterocycles. The van der Waals surface area contributed by atoms with Gasteiger partial charge >= 0.3 is 0 Å². The summed E-state index contributed by atoms with van der Waals surface area (Å²) in [5.41, 5.74) is 1.35. The van der Waals surface area contributed by atoms with E-state index in [0.29, 0.717) is 17.9 Å². The normalized spacial score (nSPS) is 18.5. The molecule has 0 unspecified atom stereocenters. The zero-order valence-corrected chi connectivity index (χ0v) is 11.1. The lowest BCUT2D eigenvalue weighted by Gasteiger charge is -2.16. The van der Waals surface area contributed by atoms with E-state index in [1.54, 1.807) is 24.3 Å². The molecule has 1 atom stereocenters. The first-order chi connectivity index (χ1) is 8.97. The van der Waals surface area contributed by atoms with Gasteiger partial charge in [-0.2, -0.15) is 0 Å². The van der Waals surface area contributed by atoms with E-state index in [9.17, 15) is 14.4 Å². The molecule has 2 rings (SSSR count). The van der Waals surface area contributed by atoms with Crippen LogP contribution in [0, 0.1) is 5.92 Å². The molecule has 19 heavy (non-hydrogen) atoms. The van der Waals surface area contributed by atoms with E-state index < -0.39 is 11.2 Å². The molecule has 1 heterocycles. The lowest BCUT2D eigenvalue weighted by atomic mass is 10.1. The number of halogens is 1. The highest BCUT2D eigenvalue weighted by Crippen LogP contribution is 2.27. The van der Waals surface area contributed by atoms with Crippen LogP contribution in [-0.2, 0) is 14.4 Å². The van der Waals surface area contributed by atoms with Crippen LogP contribution in [0.4, 0.5) is 11.4 Å². The maximum absolute atomic E-state index is 11.8. The van der Waals surface area contributed by atoms with Gasteiger partial charge in [0.25, 0.3) is 0 Å². The molecule has 1 aromatic rings. The summed E-state index contributed by atoms with van der Waals surface area (Å²) in [6.07, 6.45) is 0.149. The van der Waals surface area contributed by atoms with Gasteiger partial charge in [0, 0.05) is 31.3 Å². The first-order valence-electron chi connectivity index (χ1n) is 5.84. The third kappa shape index (κ3) is 3.12. The fourth-order valence-electron chi connectivity index (χ4n) is 2.04. The summed E-state index contributed by atoms with van der Waals surface area (Å²) in [6.45, 7) is 1.73. The highest BCUT2D eigenvalue weighted by molar-refractivity contribution is 6.64. The number of rotatable bonds is 3. The average molecular weight is 281 g/mol. The van der Waals surface area contributed by atoms with E-state index in [-0.39, 0.29) is 18.2 Å². The molecular formula is C13H13ClN2O3. The lowest BCUT2D eigenvalue weighted by Crippen LogP contribution is -2.25. The van der Waals surface area contributed by atoms with Crippen LogP contribution in [-0.4, -0.2) is 23.6 Å². The van der Waals surface area contributed by atoms with E-state index in [4.69, 9.17) is 11.6 Å². The van der Waals surface area contributed by atoms with E-state index in [2.05, 4.69) is 5.32 Å². The molecular weight excluding hydrogens is 268 g/mol. The zero-order valence-electron chi connectivity index (χ0n) is 10.4. The minimum absolute atomic E-state index is 0.119. The fourth-order valence-corrected chi connectivity index (χ4v) is 2.18. The Morgan fingerprint density at radius 1 is 1.32 bits per heavy atom. The van der Waals surface area contributed by atoms with Crippen molar-refractivity contribution in [2.45, 2.75) is 13.3 Å². The number of carbonyl (C=O) groups excluding carboxylic acids is 3. The first kappa shape index (κ1) is 13.5. The summed E-state index contributed by atoms with van der Waals surface area (Å²) >= 11 is 5.42. The highest BCUT2D eigenvalue weighted by atomic mass is 35.5. The molecule has 1 N–H and O–H groups in total. The van der Waals surface area contributed by atoms with Gasteiger partial charge in [0.15, 0.2) is 0 Å². The minimum Gasteiger partial charge on any atom is -0.326 e. The number of nitrogens with one attached hydrogen (secondary N) is 1. The van der Waals surface area contributed by atoms with Crippen molar-refractivity contribution in [3.05, 3.63) is 24.3 Å². The summed E-state index contributed by atoms with van der Waals surface area (Å²) in [4.78, 5) is 35.3. The van der Waals surface area contributed by atoms with Crippen LogP contribution in [0.25, 0.3) is 0 Å². The maximum Gasteiger partial charge on any atom is 0.227 e. The SMILES string of the molecule is CC(=O)Nc1ccc(N2C[C@@H](C(=O)Cl)CC2=O)cc1. The van der Waals surface area contributed by atoms with Crippen molar-refractivity contribution in [2.24, 2.45) is 5.92 Å². The Hall–Kier alpha value is -1.88. The third-order valence-electron chi connectivity index (χ3n) is 2.95. The van der Waals surface area contributed by atoms with Gasteiger partial charge < -0.3 is 10.2 Å². The fraction of sp³-hybridized carbons (Fsp3) is 0.308. The number of hydrogen-bond acceptors (Lipinski definition) is 3. The monoisotopic (exact) mass is 280 g/mol. The van der Waals surface area contributed by atoms with Crippen LogP contribution in [0.3, 0.4) is 0 Å². The standard InChI is InChI=1S/C13H13ClN2O3/c1-8(17)15-10-2-4-11(5-3-10)16-7-9(13(14)19)6-12(16)18/h2-5,9H,6-7H2,1H3,(H,15,17)/t9-/m0/s1. The molecule has 1 aliphatic rings. The number of carbonyl (C=O) groups is 3. The zero-order chi connectivity index (χ0) is 14.0. The van der Waals surface area contributed by atoms with Gasteiger partial charge in [-0.1, -0.05) is 0 Å². The molecule has 0 aromatic heterocycles. The molecule has 0 radical (unpaired) electrons. The topological polar surface area (TPSA) is 66.5 Å². The number of benzene rings is 1. The molecule has 1 fully saturated rings. The van der Waals surface area contributed by atoms with Crippen LogP contribution in [0.2, 0.25) is 0 Å². The summed E-state index contributed by atoms with van der Waals surface area (Å²) in [5, 5.41) is 2.16. The van der Waals surface area contributed by atoms with Crippen molar-refractivity contribution in [2.75, 3.05) is 16.8 Å². The van der Waals surface area contributed by atoms with Crippen molar-refractivity contribution in [1.29, 1.82) is 0 Å². The van der Waals surface area contributed by atoms with Crippen molar-refractivity contribution < 1.29 is 14.4 Å². The largest absolute Gasteiger partial charge is 0.326 e. The third-order valence-corrected chi connectivity index (χ3v) is 3.25. The van der Waals surface area contributed by atoms with Gasteiger partial charge in [-0.25, -0.2) is 0 Å². The lowest BCUT2D eigenvalue weighted by molar-refractivity contribution is -0.120. The van der Waals surface area contributed by atoms with Crippen molar-refractivity contribution >= 4 is 40.0 Å². The summed E-state index contributed by atoms with van der Waals surface area (Å²) in [5.74, 6) is -0.715. The van der Waals surface area contributed by atoms with Crippen LogP contribution in [0.15, 0.2) is 24.3 Å². The first-order valence-corrected chi connectivity index (χ1v) is 6.22. The molecule has 2 amide bonds. The maximum atomic E-state index is 11.8. The van der Waals surface area contributed by atoms with Crippen LogP contribution >= 0.6 is 11.6 Å². The Kier molecular flexibility index (Phi) is 3.85. The molecule has 0 saturated carbocycles. The minimum atomic E-state index is -0.481. The van der Waals surface area contributed by atoms with Crippen LogP contribution < -0.4 is 10.2 Å². The Labute approximate surface area is 115 Å². The highest BCUT2D eigenvalue weighted by Gasteiger charge is 2.34. The number of hydrogen-bond donors (Lipinski definition) is 1. The van der Waals surface area contributed by atoms with Gasteiger partial charge in [-0.15, -0.1) is 0 Å². The van der Waals surface area contributed by atoms with Crippen molar-refractivity contribution in [1.82, 2.24) is 0 Å². The molecule has 1 aromatic carbocycles. The Morgan fingerprint density at radius 2 is 1.95 bits per heavy atom. The molecule has 1 saturated heterocycles. The number of nitrogens with zero attached hydrogens (tertiary/aromatic N) is 1. The van der Waals surface area contributed by atoms with Gasteiger partial charge in [-0.05, 0) is 35.9 Å². The van der Waals surface area contributed by atoms with Gasteiger partial charge in [0.05, 0.1) is 5.92 Å². The molecule has 0 spiro atoms. The Morgan fingerprint density at radius 3 is 2.42 bits per heavy atom. The van der Waals surface area contributed by atoms with Crippen molar-refractivity contribution in [3.63, 3.8) is 0 Å². The smallest absolute Gasteiger partial charge is 0.227 e. The Balaban J connectivity index is 2.12. The molecule has 5 nitrogen and oxygen atoms in total. The van der Waals surface area contributed by atoms with E-state index in [0.717, 1.165) is 0 Å². The quantitative estimate of drug-likeness (QED) is 0.858.